The van der Waals surface area contributed by atoms with Gasteiger partial charge in [0.25, 0.3) is 0 Å². The van der Waals surface area contributed by atoms with Gasteiger partial charge >= 0.3 is 0 Å². The monoisotopic (exact) mass is 302 g/mol. The summed E-state index contributed by atoms with van der Waals surface area (Å²) in [6, 6.07) is 0.172. The van der Waals surface area contributed by atoms with Crippen molar-refractivity contribution in [3.8, 4) is 0 Å². The number of sulfone groups is 1. The molecular weight excluding hydrogens is 276 g/mol. The average Bonchev–Trinajstić information content (AvgIpc) is 2.80. The van der Waals surface area contributed by atoms with Crippen LogP contribution in [0.1, 0.15) is 33.1 Å². The smallest absolute Gasteiger partial charge is 0.225 e. The maximum Gasteiger partial charge on any atom is 0.225 e. The van der Waals surface area contributed by atoms with Crippen LogP contribution in [0.4, 0.5) is 0 Å². The SMILES string of the molecule is CCC(CC)C(=O)N1CCN(C2CCS(=O)(=O)C2)CC1. The number of piperazine rings is 1. The number of rotatable bonds is 4. The largest absolute Gasteiger partial charge is 0.340 e. The number of carbonyl (C=O) groups is 1. The lowest BCUT2D eigenvalue weighted by molar-refractivity contribution is -0.137. The first kappa shape index (κ1) is 15.8. The van der Waals surface area contributed by atoms with Crippen LogP contribution in [0.25, 0.3) is 0 Å². The normalized spacial score (nSPS) is 27.1. The highest BCUT2D eigenvalue weighted by Crippen LogP contribution is 2.20. The van der Waals surface area contributed by atoms with E-state index in [-0.39, 0.29) is 17.9 Å². The van der Waals surface area contributed by atoms with E-state index >= 15 is 0 Å². The molecule has 2 rings (SSSR count). The van der Waals surface area contributed by atoms with Gasteiger partial charge in [0.15, 0.2) is 9.84 Å². The zero-order valence-corrected chi connectivity index (χ0v) is 13.4. The average molecular weight is 302 g/mol. The lowest BCUT2D eigenvalue weighted by Crippen LogP contribution is -2.53. The summed E-state index contributed by atoms with van der Waals surface area (Å²) in [5.41, 5.74) is 0. The van der Waals surface area contributed by atoms with Crippen molar-refractivity contribution >= 4 is 15.7 Å². The summed E-state index contributed by atoms with van der Waals surface area (Å²) in [5.74, 6) is 1.04. The molecule has 2 aliphatic rings. The van der Waals surface area contributed by atoms with Crippen LogP contribution in [0.15, 0.2) is 0 Å². The van der Waals surface area contributed by atoms with Crippen molar-refractivity contribution < 1.29 is 13.2 Å². The Kier molecular flexibility index (Phi) is 5.07. The second-order valence-corrected chi connectivity index (χ2v) is 8.16. The molecule has 2 aliphatic heterocycles. The molecule has 0 radical (unpaired) electrons. The fourth-order valence-electron chi connectivity index (χ4n) is 3.27. The van der Waals surface area contributed by atoms with Gasteiger partial charge in [-0.15, -0.1) is 0 Å². The quantitative estimate of drug-likeness (QED) is 0.769. The van der Waals surface area contributed by atoms with E-state index in [4.69, 9.17) is 0 Å². The van der Waals surface area contributed by atoms with Crippen LogP contribution in [0.5, 0.6) is 0 Å². The first-order chi connectivity index (χ1) is 9.46. The van der Waals surface area contributed by atoms with Gasteiger partial charge in [-0.2, -0.15) is 0 Å². The summed E-state index contributed by atoms with van der Waals surface area (Å²) in [7, 11) is -2.82. The molecular formula is C14H26N2O3S. The predicted molar refractivity (Wildman–Crippen MR) is 79.3 cm³/mol. The number of hydrogen-bond acceptors (Lipinski definition) is 4. The van der Waals surface area contributed by atoms with Crippen LogP contribution >= 0.6 is 0 Å². The predicted octanol–water partition coefficient (Wildman–Crippen LogP) is 0.754. The van der Waals surface area contributed by atoms with E-state index in [1.165, 1.54) is 0 Å². The lowest BCUT2D eigenvalue weighted by atomic mass is 10.0. The molecule has 0 aromatic rings. The van der Waals surface area contributed by atoms with Crippen LogP contribution in [-0.2, 0) is 14.6 Å². The van der Waals surface area contributed by atoms with Crippen molar-refractivity contribution in [2.45, 2.75) is 39.2 Å². The van der Waals surface area contributed by atoms with Gasteiger partial charge in [0.1, 0.15) is 0 Å². The third-order valence-electron chi connectivity index (χ3n) is 4.69. The highest BCUT2D eigenvalue weighted by atomic mass is 32.2. The topological polar surface area (TPSA) is 57.7 Å². The second kappa shape index (κ2) is 6.43. The highest BCUT2D eigenvalue weighted by Gasteiger charge is 2.34. The van der Waals surface area contributed by atoms with E-state index in [1.54, 1.807) is 0 Å². The Labute approximate surface area is 122 Å². The zero-order valence-electron chi connectivity index (χ0n) is 12.5. The molecule has 0 aromatic heterocycles. The Balaban J connectivity index is 1.85. The number of amides is 1. The Morgan fingerprint density at radius 1 is 1.15 bits per heavy atom. The first-order valence-electron chi connectivity index (χ1n) is 7.70. The van der Waals surface area contributed by atoms with E-state index in [2.05, 4.69) is 18.7 Å². The van der Waals surface area contributed by atoms with Crippen LogP contribution in [0.3, 0.4) is 0 Å². The Morgan fingerprint density at radius 2 is 1.75 bits per heavy atom. The van der Waals surface area contributed by atoms with Crippen molar-refractivity contribution in [2.75, 3.05) is 37.7 Å². The van der Waals surface area contributed by atoms with Gasteiger partial charge in [0.05, 0.1) is 11.5 Å². The van der Waals surface area contributed by atoms with Crippen molar-refractivity contribution in [1.82, 2.24) is 9.80 Å². The molecule has 1 atom stereocenters. The third-order valence-corrected chi connectivity index (χ3v) is 6.44. The molecule has 20 heavy (non-hydrogen) atoms. The lowest BCUT2D eigenvalue weighted by Gasteiger charge is -2.38. The second-order valence-electron chi connectivity index (χ2n) is 5.93. The molecule has 6 heteroatoms. The highest BCUT2D eigenvalue weighted by molar-refractivity contribution is 7.91. The summed E-state index contributed by atoms with van der Waals surface area (Å²) in [6.45, 7) is 7.23. The van der Waals surface area contributed by atoms with E-state index < -0.39 is 9.84 Å². The van der Waals surface area contributed by atoms with Crippen LogP contribution < -0.4 is 0 Å². The Morgan fingerprint density at radius 3 is 2.20 bits per heavy atom. The molecule has 5 nitrogen and oxygen atoms in total. The van der Waals surface area contributed by atoms with Gasteiger partial charge in [-0.25, -0.2) is 8.42 Å². The van der Waals surface area contributed by atoms with Gasteiger partial charge in [-0.1, -0.05) is 13.8 Å². The van der Waals surface area contributed by atoms with Crippen molar-refractivity contribution in [3.63, 3.8) is 0 Å². The minimum Gasteiger partial charge on any atom is -0.340 e. The number of carbonyl (C=O) groups excluding carboxylic acids is 1. The minimum absolute atomic E-state index is 0.147. The molecule has 2 fully saturated rings. The minimum atomic E-state index is -2.82. The van der Waals surface area contributed by atoms with E-state index in [1.807, 2.05) is 4.90 Å². The summed E-state index contributed by atoms with van der Waals surface area (Å²) in [6.07, 6.45) is 2.55. The summed E-state index contributed by atoms with van der Waals surface area (Å²) >= 11 is 0. The van der Waals surface area contributed by atoms with Crippen LogP contribution in [0.2, 0.25) is 0 Å². The molecule has 0 aromatic carbocycles. The first-order valence-corrected chi connectivity index (χ1v) is 9.52. The maximum absolute atomic E-state index is 12.3. The summed E-state index contributed by atoms with van der Waals surface area (Å²) in [5, 5.41) is 0. The fraction of sp³-hybridized carbons (Fsp3) is 0.929. The molecule has 1 amide bonds. The van der Waals surface area contributed by atoms with Gasteiger partial charge in [0.2, 0.25) is 5.91 Å². The molecule has 0 aliphatic carbocycles. The standard InChI is InChI=1S/C14H26N2O3S/c1-3-12(4-2)14(17)16-8-6-15(7-9-16)13-5-10-20(18,19)11-13/h12-13H,3-11H2,1-2H3. The molecule has 116 valence electrons. The summed E-state index contributed by atoms with van der Waals surface area (Å²) < 4.78 is 23.1. The van der Waals surface area contributed by atoms with Gasteiger partial charge in [0, 0.05) is 38.1 Å². The maximum atomic E-state index is 12.3. The Hall–Kier alpha value is -0.620. The van der Waals surface area contributed by atoms with Crippen LogP contribution in [0, 0.1) is 5.92 Å². The van der Waals surface area contributed by atoms with E-state index in [0.717, 1.165) is 45.4 Å². The number of hydrogen-bond donors (Lipinski definition) is 0. The van der Waals surface area contributed by atoms with Gasteiger partial charge in [-0.05, 0) is 19.3 Å². The zero-order chi connectivity index (χ0) is 14.8. The molecule has 0 bridgehead atoms. The fourth-order valence-corrected chi connectivity index (χ4v) is 5.03. The van der Waals surface area contributed by atoms with Crippen molar-refractivity contribution in [2.24, 2.45) is 5.92 Å². The molecule has 0 saturated carbocycles. The van der Waals surface area contributed by atoms with Crippen LogP contribution in [-0.4, -0.2) is 67.9 Å². The molecule has 0 spiro atoms. The van der Waals surface area contributed by atoms with Gasteiger partial charge < -0.3 is 4.90 Å². The van der Waals surface area contributed by atoms with Crippen molar-refractivity contribution in [3.05, 3.63) is 0 Å². The van der Waals surface area contributed by atoms with E-state index in [9.17, 15) is 13.2 Å². The van der Waals surface area contributed by atoms with Crippen molar-refractivity contribution in [1.29, 1.82) is 0 Å². The molecule has 0 N–H and O–H groups in total. The summed E-state index contributed by atoms with van der Waals surface area (Å²) in [4.78, 5) is 16.5. The number of nitrogens with zero attached hydrogens (tertiary/aromatic N) is 2. The van der Waals surface area contributed by atoms with Gasteiger partial charge in [-0.3, -0.25) is 9.69 Å². The molecule has 1 unspecified atom stereocenters. The Bertz CT molecular complexity index is 437. The molecule has 2 heterocycles. The van der Waals surface area contributed by atoms with E-state index in [0.29, 0.717) is 11.5 Å². The third kappa shape index (κ3) is 3.52. The molecule has 2 saturated heterocycles.